The van der Waals surface area contributed by atoms with E-state index in [9.17, 15) is 14.4 Å². The average Bonchev–Trinajstić information content (AvgIpc) is 3.25. The number of ketones is 1. The fraction of sp³-hybridized carbons (Fsp3) is 0.250. The van der Waals surface area contributed by atoms with Gasteiger partial charge in [-0.15, -0.1) is 6.58 Å². The van der Waals surface area contributed by atoms with E-state index in [0.29, 0.717) is 23.2 Å². The van der Waals surface area contributed by atoms with Crippen LogP contribution in [0.25, 0.3) is 0 Å². The number of carbonyl (C=O) groups is 3. The van der Waals surface area contributed by atoms with Crippen molar-refractivity contribution in [2.24, 2.45) is 0 Å². The first-order valence-corrected chi connectivity index (χ1v) is 11.3. The molecule has 3 amide bonds. The molecule has 3 aromatic rings. The van der Waals surface area contributed by atoms with Crippen molar-refractivity contribution in [3.8, 4) is 0 Å². The van der Waals surface area contributed by atoms with Crippen molar-refractivity contribution >= 4 is 17.7 Å². The first kappa shape index (κ1) is 23.2. The maximum absolute atomic E-state index is 13.9. The van der Waals surface area contributed by atoms with E-state index >= 15 is 0 Å². The molecule has 0 bridgehead atoms. The van der Waals surface area contributed by atoms with Crippen LogP contribution < -0.4 is 5.32 Å². The molecule has 1 unspecified atom stereocenters. The zero-order chi connectivity index (χ0) is 24.6. The molecule has 0 aliphatic carbocycles. The van der Waals surface area contributed by atoms with Gasteiger partial charge in [0.1, 0.15) is 0 Å². The van der Waals surface area contributed by atoms with Crippen LogP contribution in [-0.4, -0.2) is 33.7 Å². The number of aryl methyl sites for hydroxylation is 3. The molecule has 4 rings (SSSR count). The van der Waals surface area contributed by atoms with Crippen molar-refractivity contribution in [1.29, 1.82) is 0 Å². The summed E-state index contributed by atoms with van der Waals surface area (Å²) in [5.41, 5.74) is 4.24. The number of benzene rings is 2. The molecule has 0 spiro atoms. The number of imide groups is 1. The summed E-state index contributed by atoms with van der Waals surface area (Å²) in [6.07, 6.45) is 1.77. The summed E-state index contributed by atoms with van der Waals surface area (Å²) in [5, 5.41) is 2.92. The zero-order valence-electron chi connectivity index (χ0n) is 20.0. The van der Waals surface area contributed by atoms with Crippen LogP contribution in [0.4, 0.5) is 4.79 Å². The third-order valence-corrected chi connectivity index (χ3v) is 6.74. The van der Waals surface area contributed by atoms with Crippen molar-refractivity contribution in [2.75, 3.05) is 6.54 Å². The van der Waals surface area contributed by atoms with E-state index in [4.69, 9.17) is 0 Å². The summed E-state index contributed by atoms with van der Waals surface area (Å²) in [4.78, 5) is 41.4. The SMILES string of the molecule is C=CCn1c(C)cc(C(=O)CN2C(=O)NC(c3ccccc3)(c3ccc(C)c(C)c3)C2=O)c1C. The number of amides is 3. The van der Waals surface area contributed by atoms with Crippen LogP contribution in [-0.2, 0) is 16.9 Å². The summed E-state index contributed by atoms with van der Waals surface area (Å²) in [6, 6.07) is 16.1. The van der Waals surface area contributed by atoms with Crippen LogP contribution in [0.5, 0.6) is 0 Å². The molecule has 1 saturated heterocycles. The van der Waals surface area contributed by atoms with E-state index in [2.05, 4.69) is 11.9 Å². The molecule has 0 radical (unpaired) electrons. The number of Topliss-reactive ketones (excluding diaryl/α,β-unsaturated/α-hetero) is 1. The monoisotopic (exact) mass is 455 g/mol. The van der Waals surface area contributed by atoms with Gasteiger partial charge in [0.15, 0.2) is 11.3 Å². The third kappa shape index (κ3) is 3.65. The molecule has 174 valence electrons. The number of hydrogen-bond acceptors (Lipinski definition) is 3. The Bertz CT molecular complexity index is 1310. The molecule has 1 atom stereocenters. The van der Waals surface area contributed by atoms with Gasteiger partial charge in [-0.1, -0.05) is 54.6 Å². The Kier molecular flexibility index (Phi) is 6.00. The number of hydrogen-bond donors (Lipinski definition) is 1. The van der Waals surface area contributed by atoms with E-state index < -0.39 is 17.5 Å². The summed E-state index contributed by atoms with van der Waals surface area (Å²) < 4.78 is 1.98. The van der Waals surface area contributed by atoms with Gasteiger partial charge < -0.3 is 9.88 Å². The van der Waals surface area contributed by atoms with Crippen molar-refractivity contribution in [3.63, 3.8) is 0 Å². The van der Waals surface area contributed by atoms with Crippen molar-refractivity contribution < 1.29 is 14.4 Å². The molecule has 0 saturated carbocycles. The molecule has 6 heteroatoms. The van der Waals surface area contributed by atoms with Crippen LogP contribution in [0, 0.1) is 27.7 Å². The Morgan fingerprint density at radius 2 is 1.68 bits per heavy atom. The minimum atomic E-state index is -1.39. The normalized spacial score (nSPS) is 17.7. The fourth-order valence-corrected chi connectivity index (χ4v) is 4.66. The van der Waals surface area contributed by atoms with E-state index in [1.165, 1.54) is 0 Å². The van der Waals surface area contributed by atoms with Gasteiger partial charge in [0.05, 0.1) is 6.54 Å². The standard InChI is InChI=1S/C28H29N3O3/c1-6-14-30-20(4)16-24(21(30)5)25(32)17-31-26(33)28(29-27(31)34,22-10-8-7-9-11-22)23-13-12-18(2)19(3)15-23/h6-13,15-16H,1,14,17H2,2-5H3,(H,29,34). The molecule has 1 aliphatic rings. The van der Waals surface area contributed by atoms with Crippen LogP contribution in [0.1, 0.15) is 44.0 Å². The van der Waals surface area contributed by atoms with E-state index in [0.717, 1.165) is 27.4 Å². The number of aromatic nitrogens is 1. The largest absolute Gasteiger partial charge is 0.345 e. The van der Waals surface area contributed by atoms with Crippen LogP contribution in [0.2, 0.25) is 0 Å². The second-order valence-electron chi connectivity index (χ2n) is 8.84. The van der Waals surface area contributed by atoms with Gasteiger partial charge in [-0.25, -0.2) is 4.79 Å². The number of allylic oxidation sites excluding steroid dienone is 1. The average molecular weight is 456 g/mol. The maximum Gasteiger partial charge on any atom is 0.325 e. The van der Waals surface area contributed by atoms with Crippen LogP contribution >= 0.6 is 0 Å². The van der Waals surface area contributed by atoms with Gasteiger partial charge >= 0.3 is 6.03 Å². The molecule has 6 nitrogen and oxygen atoms in total. The van der Waals surface area contributed by atoms with Crippen molar-refractivity contribution in [1.82, 2.24) is 14.8 Å². The van der Waals surface area contributed by atoms with Gasteiger partial charge in [-0.2, -0.15) is 0 Å². The van der Waals surface area contributed by atoms with E-state index in [1.807, 2.05) is 80.8 Å². The molecule has 2 aromatic carbocycles. The topological polar surface area (TPSA) is 71.4 Å². The first-order chi connectivity index (χ1) is 16.2. The Labute approximate surface area is 199 Å². The molecule has 1 N–H and O–H groups in total. The minimum Gasteiger partial charge on any atom is -0.345 e. The highest BCUT2D eigenvalue weighted by atomic mass is 16.2. The van der Waals surface area contributed by atoms with E-state index in [-0.39, 0.29) is 12.3 Å². The highest BCUT2D eigenvalue weighted by Crippen LogP contribution is 2.37. The Hall–Kier alpha value is -3.93. The van der Waals surface area contributed by atoms with E-state index in [1.54, 1.807) is 12.1 Å². The number of nitrogens with one attached hydrogen (secondary N) is 1. The Morgan fingerprint density at radius 3 is 2.32 bits per heavy atom. The highest BCUT2D eigenvalue weighted by molar-refractivity contribution is 6.13. The third-order valence-electron chi connectivity index (χ3n) is 6.74. The number of nitrogens with zero attached hydrogens (tertiary/aromatic N) is 2. The number of urea groups is 1. The fourth-order valence-electron chi connectivity index (χ4n) is 4.66. The summed E-state index contributed by atoms with van der Waals surface area (Å²) in [7, 11) is 0. The van der Waals surface area contributed by atoms with Gasteiger partial charge in [0, 0.05) is 23.5 Å². The van der Waals surface area contributed by atoms with Crippen LogP contribution in [0.15, 0.2) is 67.3 Å². The Balaban J connectivity index is 1.74. The van der Waals surface area contributed by atoms with Crippen molar-refractivity contribution in [2.45, 2.75) is 39.8 Å². The molecule has 1 aliphatic heterocycles. The lowest BCUT2D eigenvalue weighted by Gasteiger charge is -2.28. The van der Waals surface area contributed by atoms with Crippen LogP contribution in [0.3, 0.4) is 0 Å². The predicted octanol–water partition coefficient (Wildman–Crippen LogP) is 4.59. The molecule has 1 fully saturated rings. The van der Waals surface area contributed by atoms with Gasteiger partial charge in [0.2, 0.25) is 0 Å². The Morgan fingerprint density at radius 1 is 0.971 bits per heavy atom. The molecule has 2 heterocycles. The summed E-state index contributed by atoms with van der Waals surface area (Å²) in [5.74, 6) is -0.740. The maximum atomic E-state index is 13.9. The quantitative estimate of drug-likeness (QED) is 0.322. The number of rotatable bonds is 7. The minimum absolute atomic E-state index is 0.282. The molecular weight excluding hydrogens is 426 g/mol. The lowest BCUT2D eigenvalue weighted by atomic mass is 9.81. The molecular formula is C28H29N3O3. The second kappa shape index (κ2) is 8.78. The van der Waals surface area contributed by atoms with Gasteiger partial charge in [0.25, 0.3) is 5.91 Å². The summed E-state index contributed by atoms with van der Waals surface area (Å²) in [6.45, 7) is 11.8. The number of carbonyl (C=O) groups excluding carboxylic acids is 3. The highest BCUT2D eigenvalue weighted by Gasteiger charge is 2.54. The smallest absolute Gasteiger partial charge is 0.325 e. The lowest BCUT2D eigenvalue weighted by molar-refractivity contribution is -0.129. The summed E-state index contributed by atoms with van der Waals surface area (Å²) >= 11 is 0. The van der Waals surface area contributed by atoms with Crippen molar-refractivity contribution in [3.05, 3.63) is 106 Å². The predicted molar refractivity (Wildman–Crippen MR) is 132 cm³/mol. The molecule has 34 heavy (non-hydrogen) atoms. The lowest BCUT2D eigenvalue weighted by Crippen LogP contribution is -2.45. The molecule has 1 aromatic heterocycles. The van der Waals surface area contributed by atoms with Gasteiger partial charge in [-0.05, 0) is 56.0 Å². The van der Waals surface area contributed by atoms with Gasteiger partial charge in [-0.3, -0.25) is 14.5 Å². The zero-order valence-corrected chi connectivity index (χ0v) is 20.0. The second-order valence-corrected chi connectivity index (χ2v) is 8.84. The first-order valence-electron chi connectivity index (χ1n) is 11.3.